The fraction of sp³-hybridized carbons (Fsp3) is 0.0400. The van der Waals surface area contributed by atoms with E-state index in [1.807, 2.05) is 0 Å². The summed E-state index contributed by atoms with van der Waals surface area (Å²) in [4.78, 5) is 2.37. The Morgan fingerprint density at radius 1 is 0.373 bits per heavy atom. The normalized spacial score (nSPS) is 13.0. The van der Waals surface area contributed by atoms with Gasteiger partial charge in [0, 0.05) is 17.1 Å². The SMILES string of the molecule is C1=CC(N(c2ccccc2)c2ccc3cc(-c4cc5cc(-c6cccc7ccccc67)c6ccccc6c5c5ccccc45)ccc3c2)=CCC1. The lowest BCUT2D eigenvalue weighted by atomic mass is 9.86. The zero-order valence-corrected chi connectivity index (χ0v) is 28.3. The first-order chi connectivity index (χ1) is 25.3. The minimum Gasteiger partial charge on any atom is -0.311 e. The summed E-state index contributed by atoms with van der Waals surface area (Å²) in [7, 11) is 0. The lowest BCUT2D eigenvalue weighted by molar-refractivity contribution is 0.997. The zero-order chi connectivity index (χ0) is 33.7. The van der Waals surface area contributed by atoms with Gasteiger partial charge < -0.3 is 4.90 Å². The molecule has 240 valence electrons. The molecule has 0 aliphatic heterocycles. The van der Waals surface area contributed by atoms with Crippen molar-refractivity contribution in [2.24, 2.45) is 0 Å². The Bertz CT molecular complexity index is 2850. The Kier molecular flexibility index (Phi) is 7.03. The number of anilines is 2. The van der Waals surface area contributed by atoms with E-state index in [1.54, 1.807) is 0 Å². The van der Waals surface area contributed by atoms with E-state index in [0.717, 1.165) is 12.8 Å². The largest absolute Gasteiger partial charge is 0.311 e. The van der Waals surface area contributed by atoms with Crippen LogP contribution in [0.25, 0.3) is 76.1 Å². The summed E-state index contributed by atoms with van der Waals surface area (Å²) in [6.45, 7) is 0. The summed E-state index contributed by atoms with van der Waals surface area (Å²) in [5.41, 5.74) is 8.59. The van der Waals surface area contributed by atoms with Gasteiger partial charge in [-0.15, -0.1) is 0 Å². The summed E-state index contributed by atoms with van der Waals surface area (Å²) in [6, 6.07) is 62.6. The molecule has 0 heterocycles. The summed E-state index contributed by atoms with van der Waals surface area (Å²) < 4.78 is 0. The first-order valence-corrected chi connectivity index (χ1v) is 17.9. The third kappa shape index (κ3) is 5.01. The summed E-state index contributed by atoms with van der Waals surface area (Å²) in [5.74, 6) is 0. The molecule has 0 saturated carbocycles. The van der Waals surface area contributed by atoms with Crippen LogP contribution in [0.4, 0.5) is 11.4 Å². The number of hydrogen-bond acceptors (Lipinski definition) is 1. The van der Waals surface area contributed by atoms with Crippen LogP contribution in [0.1, 0.15) is 12.8 Å². The molecule has 0 N–H and O–H groups in total. The highest BCUT2D eigenvalue weighted by Crippen LogP contribution is 2.44. The third-order valence-electron chi connectivity index (χ3n) is 10.6. The highest BCUT2D eigenvalue weighted by Gasteiger charge is 2.17. The first-order valence-electron chi connectivity index (χ1n) is 17.9. The molecule has 0 fully saturated rings. The van der Waals surface area contributed by atoms with Gasteiger partial charge in [0.1, 0.15) is 0 Å². The lowest BCUT2D eigenvalue weighted by Crippen LogP contribution is -2.16. The second kappa shape index (κ2) is 12.2. The van der Waals surface area contributed by atoms with Crippen molar-refractivity contribution < 1.29 is 0 Å². The van der Waals surface area contributed by atoms with Crippen LogP contribution >= 0.6 is 0 Å². The molecule has 0 atom stereocenters. The number of hydrogen-bond donors (Lipinski definition) is 0. The fourth-order valence-electron chi connectivity index (χ4n) is 8.23. The van der Waals surface area contributed by atoms with Crippen LogP contribution in [0.5, 0.6) is 0 Å². The highest BCUT2D eigenvalue weighted by atomic mass is 15.1. The molecule has 1 nitrogen and oxygen atoms in total. The minimum absolute atomic E-state index is 1.06. The van der Waals surface area contributed by atoms with Crippen LogP contribution in [0.15, 0.2) is 194 Å². The summed E-state index contributed by atoms with van der Waals surface area (Å²) >= 11 is 0. The second-order valence-corrected chi connectivity index (χ2v) is 13.6. The van der Waals surface area contributed by atoms with Crippen LogP contribution in [-0.2, 0) is 0 Å². The molecule has 1 aliphatic carbocycles. The molecule has 0 radical (unpaired) electrons. The Labute approximate surface area is 298 Å². The lowest BCUT2D eigenvalue weighted by Gasteiger charge is -2.28. The Morgan fingerprint density at radius 2 is 1.02 bits per heavy atom. The standard InChI is InChI=1S/C50H35N/c1-3-16-39(17-4-1)51(40-18-5-2-6-19-40)41-29-28-35-30-37(27-26-36(35)31-41)48-32-38-33-49(43-25-13-15-34-14-7-8-20-42(34)43)45-22-10-12-24-47(45)50(38)46-23-11-9-21-44(46)48/h1,3-5,7-33H,2,6H2. The number of para-hydroxylation sites is 1. The van der Waals surface area contributed by atoms with E-state index in [0.29, 0.717) is 0 Å². The van der Waals surface area contributed by atoms with Crippen LogP contribution in [-0.4, -0.2) is 0 Å². The maximum absolute atomic E-state index is 2.43. The number of fused-ring (bicyclic) bond motifs is 7. The molecule has 0 amide bonds. The molecule has 51 heavy (non-hydrogen) atoms. The van der Waals surface area contributed by atoms with Gasteiger partial charge in [-0.1, -0.05) is 140 Å². The fourth-order valence-corrected chi connectivity index (χ4v) is 8.23. The first kappa shape index (κ1) is 29.5. The topological polar surface area (TPSA) is 3.24 Å². The number of benzene rings is 9. The van der Waals surface area contributed by atoms with Gasteiger partial charge in [0.05, 0.1) is 0 Å². The van der Waals surface area contributed by atoms with E-state index in [1.165, 1.54) is 93.2 Å². The zero-order valence-electron chi connectivity index (χ0n) is 28.3. The Morgan fingerprint density at radius 3 is 1.80 bits per heavy atom. The molecule has 9 aromatic rings. The molecule has 0 aromatic heterocycles. The van der Waals surface area contributed by atoms with E-state index < -0.39 is 0 Å². The van der Waals surface area contributed by atoms with Gasteiger partial charge >= 0.3 is 0 Å². The van der Waals surface area contributed by atoms with E-state index in [2.05, 4.69) is 193 Å². The average molecular weight is 650 g/mol. The van der Waals surface area contributed by atoms with Gasteiger partial charge in [-0.05, 0) is 137 Å². The number of nitrogens with zero attached hydrogens (tertiary/aromatic N) is 1. The molecular weight excluding hydrogens is 615 g/mol. The highest BCUT2D eigenvalue weighted by molar-refractivity contribution is 6.26. The van der Waals surface area contributed by atoms with Crippen LogP contribution in [0.2, 0.25) is 0 Å². The van der Waals surface area contributed by atoms with Crippen molar-refractivity contribution in [2.45, 2.75) is 12.8 Å². The average Bonchev–Trinajstić information content (AvgIpc) is 3.20. The van der Waals surface area contributed by atoms with Gasteiger partial charge in [0.2, 0.25) is 0 Å². The Balaban J connectivity index is 1.16. The second-order valence-electron chi connectivity index (χ2n) is 13.6. The summed E-state index contributed by atoms with van der Waals surface area (Å²) in [5, 5.41) is 12.7. The van der Waals surface area contributed by atoms with Gasteiger partial charge in [-0.2, -0.15) is 0 Å². The predicted octanol–water partition coefficient (Wildman–Crippen LogP) is 14.2. The van der Waals surface area contributed by atoms with Crippen molar-refractivity contribution in [3.05, 3.63) is 194 Å². The van der Waals surface area contributed by atoms with Crippen molar-refractivity contribution in [3.63, 3.8) is 0 Å². The van der Waals surface area contributed by atoms with Crippen molar-refractivity contribution in [2.75, 3.05) is 4.90 Å². The predicted molar refractivity (Wildman–Crippen MR) is 220 cm³/mol. The van der Waals surface area contributed by atoms with E-state index in [9.17, 15) is 0 Å². The maximum Gasteiger partial charge on any atom is 0.0467 e. The monoisotopic (exact) mass is 649 g/mol. The minimum atomic E-state index is 1.06. The molecular formula is C50H35N. The van der Waals surface area contributed by atoms with Crippen molar-refractivity contribution >= 4 is 65.2 Å². The van der Waals surface area contributed by atoms with Gasteiger partial charge in [0.25, 0.3) is 0 Å². The molecule has 1 heteroatoms. The molecule has 0 spiro atoms. The molecule has 0 saturated heterocycles. The van der Waals surface area contributed by atoms with Crippen LogP contribution in [0, 0.1) is 0 Å². The van der Waals surface area contributed by atoms with Gasteiger partial charge in [-0.25, -0.2) is 0 Å². The van der Waals surface area contributed by atoms with E-state index in [-0.39, 0.29) is 0 Å². The van der Waals surface area contributed by atoms with Gasteiger partial charge in [0.15, 0.2) is 0 Å². The van der Waals surface area contributed by atoms with Crippen molar-refractivity contribution in [1.29, 1.82) is 0 Å². The number of rotatable bonds is 5. The third-order valence-corrected chi connectivity index (χ3v) is 10.6. The van der Waals surface area contributed by atoms with Crippen molar-refractivity contribution in [1.82, 2.24) is 0 Å². The maximum atomic E-state index is 2.43. The molecule has 0 bridgehead atoms. The van der Waals surface area contributed by atoms with Gasteiger partial charge in [-0.3, -0.25) is 0 Å². The van der Waals surface area contributed by atoms with Crippen LogP contribution < -0.4 is 4.90 Å². The molecule has 10 rings (SSSR count). The van der Waals surface area contributed by atoms with E-state index >= 15 is 0 Å². The Hall–Kier alpha value is -6.44. The van der Waals surface area contributed by atoms with Crippen molar-refractivity contribution in [3.8, 4) is 22.3 Å². The molecule has 0 unspecified atom stereocenters. The molecule has 1 aliphatic rings. The smallest absolute Gasteiger partial charge is 0.0467 e. The summed E-state index contributed by atoms with van der Waals surface area (Å²) in [6.07, 6.45) is 9.03. The molecule has 9 aromatic carbocycles. The van der Waals surface area contributed by atoms with Crippen LogP contribution in [0.3, 0.4) is 0 Å². The quantitative estimate of drug-likeness (QED) is 0.168. The van der Waals surface area contributed by atoms with E-state index in [4.69, 9.17) is 0 Å². The number of allylic oxidation sites excluding steroid dienone is 3.